The van der Waals surface area contributed by atoms with Crippen LogP contribution >= 0.6 is 0 Å². The molecule has 0 radical (unpaired) electrons. The maximum absolute atomic E-state index is 9.72. The van der Waals surface area contributed by atoms with Crippen molar-refractivity contribution in [1.29, 1.82) is 0 Å². The molecule has 0 aromatic carbocycles. The summed E-state index contributed by atoms with van der Waals surface area (Å²) in [6.07, 6.45) is -2.42. The highest BCUT2D eigenvalue weighted by Crippen LogP contribution is 2.12. The van der Waals surface area contributed by atoms with Crippen molar-refractivity contribution in [3.63, 3.8) is 0 Å². The molecule has 0 aromatic heterocycles. The first-order valence-corrected chi connectivity index (χ1v) is 6.81. The molecule has 0 aliphatic rings. The maximum atomic E-state index is 9.72. The van der Waals surface area contributed by atoms with Crippen LogP contribution in [0.5, 0.6) is 0 Å². The second-order valence-corrected chi connectivity index (χ2v) is 5.22. The fourth-order valence-corrected chi connectivity index (χ4v) is 1.74. The topological polar surface area (TPSA) is 110 Å². The van der Waals surface area contributed by atoms with Crippen molar-refractivity contribution in [1.82, 2.24) is 0 Å². The van der Waals surface area contributed by atoms with Gasteiger partial charge in [0.15, 0.2) is 0 Å². The molecule has 0 aromatic rings. The largest absolute Gasteiger partial charge is 0.394 e. The highest BCUT2D eigenvalue weighted by Gasteiger charge is 2.32. The third kappa shape index (κ3) is 7.81. The Hall–Kier alpha value is -0.240. The first-order chi connectivity index (χ1) is 8.93. The van der Waals surface area contributed by atoms with E-state index < -0.39 is 37.6 Å². The van der Waals surface area contributed by atoms with Crippen molar-refractivity contribution >= 4 is 0 Å². The Labute approximate surface area is 114 Å². The Balaban J connectivity index is 4.14. The molecule has 5 N–H and O–H groups in total. The molecule has 0 aliphatic carbocycles. The van der Waals surface area contributed by atoms with E-state index in [0.29, 0.717) is 12.5 Å². The van der Waals surface area contributed by atoms with Gasteiger partial charge in [0, 0.05) is 6.61 Å². The summed E-state index contributed by atoms with van der Waals surface area (Å²) in [5.74, 6) is 0.612. The minimum atomic E-state index is -1.43. The van der Waals surface area contributed by atoms with Crippen LogP contribution in [-0.2, 0) is 4.74 Å². The van der Waals surface area contributed by atoms with Crippen molar-refractivity contribution in [3.05, 3.63) is 0 Å². The van der Waals surface area contributed by atoms with Gasteiger partial charge in [-0.2, -0.15) is 0 Å². The minimum absolute atomic E-state index is 0.323. The van der Waals surface area contributed by atoms with E-state index in [1.54, 1.807) is 0 Å². The molecular weight excluding hydrogens is 252 g/mol. The second kappa shape index (κ2) is 10.5. The predicted octanol–water partition coefficient (Wildman–Crippen LogP) is -0.735. The van der Waals surface area contributed by atoms with E-state index in [-0.39, 0.29) is 0 Å². The van der Waals surface area contributed by atoms with Gasteiger partial charge < -0.3 is 30.3 Å². The van der Waals surface area contributed by atoms with E-state index >= 15 is 0 Å². The Morgan fingerprint density at radius 3 is 1.95 bits per heavy atom. The molecule has 0 unspecified atom stereocenters. The number of aliphatic hydroxyl groups is 5. The molecule has 116 valence electrons. The fraction of sp³-hybridized carbons (Fsp3) is 1.00. The molecule has 0 saturated heterocycles. The number of hydrogen-bond donors (Lipinski definition) is 5. The van der Waals surface area contributed by atoms with Crippen LogP contribution in [0, 0.1) is 5.92 Å². The van der Waals surface area contributed by atoms with Crippen LogP contribution in [0.1, 0.15) is 33.1 Å². The Morgan fingerprint density at radius 2 is 1.47 bits per heavy atom. The summed E-state index contributed by atoms with van der Waals surface area (Å²) < 4.78 is 5.33. The lowest BCUT2D eigenvalue weighted by molar-refractivity contribution is -0.149. The molecule has 0 heterocycles. The van der Waals surface area contributed by atoms with Gasteiger partial charge in [0.25, 0.3) is 0 Å². The summed E-state index contributed by atoms with van der Waals surface area (Å²) in [6.45, 7) is 3.36. The van der Waals surface area contributed by atoms with Crippen LogP contribution in [-0.4, -0.2) is 69.8 Å². The standard InChI is InChI=1S/C13H28O6/c1-9(2)5-3-4-6-19-13(11(17)8-15)12(18)10(16)7-14/h9-18H,3-8H2,1-2H3/t10-,11-,12-,13-/m0/s1. The Bertz CT molecular complexity index is 211. The highest BCUT2D eigenvalue weighted by molar-refractivity contribution is 4.81. The first-order valence-electron chi connectivity index (χ1n) is 6.81. The van der Waals surface area contributed by atoms with Crippen LogP contribution in [0.4, 0.5) is 0 Å². The first kappa shape index (κ1) is 18.8. The minimum Gasteiger partial charge on any atom is -0.394 e. The number of rotatable bonds is 11. The van der Waals surface area contributed by atoms with E-state index in [2.05, 4.69) is 13.8 Å². The monoisotopic (exact) mass is 280 g/mol. The van der Waals surface area contributed by atoms with Crippen LogP contribution in [0.3, 0.4) is 0 Å². The van der Waals surface area contributed by atoms with Gasteiger partial charge in [-0.15, -0.1) is 0 Å². The zero-order valence-corrected chi connectivity index (χ0v) is 11.8. The predicted molar refractivity (Wildman–Crippen MR) is 70.6 cm³/mol. The quantitative estimate of drug-likeness (QED) is 0.319. The number of ether oxygens (including phenoxy) is 1. The zero-order chi connectivity index (χ0) is 14.8. The van der Waals surface area contributed by atoms with Gasteiger partial charge in [-0.1, -0.05) is 26.7 Å². The molecular formula is C13H28O6. The van der Waals surface area contributed by atoms with E-state index in [9.17, 15) is 15.3 Å². The molecule has 0 saturated carbocycles. The summed E-state index contributed by atoms with van der Waals surface area (Å²) in [5.41, 5.74) is 0. The van der Waals surface area contributed by atoms with E-state index in [0.717, 1.165) is 19.3 Å². The smallest absolute Gasteiger partial charge is 0.114 e. The summed E-state index contributed by atoms with van der Waals surface area (Å²) in [7, 11) is 0. The van der Waals surface area contributed by atoms with Gasteiger partial charge in [-0.25, -0.2) is 0 Å². The van der Waals surface area contributed by atoms with Crippen LogP contribution in [0.2, 0.25) is 0 Å². The molecule has 0 rings (SSSR count). The number of unbranched alkanes of at least 4 members (excludes halogenated alkanes) is 1. The van der Waals surface area contributed by atoms with Gasteiger partial charge in [-0.05, 0) is 12.3 Å². The average molecular weight is 280 g/mol. The molecule has 0 fully saturated rings. The van der Waals surface area contributed by atoms with E-state index in [4.69, 9.17) is 14.9 Å². The molecule has 6 heteroatoms. The Morgan fingerprint density at radius 1 is 0.895 bits per heavy atom. The van der Waals surface area contributed by atoms with Crippen molar-refractivity contribution in [2.45, 2.75) is 57.5 Å². The second-order valence-electron chi connectivity index (χ2n) is 5.22. The normalized spacial score (nSPS) is 18.3. The maximum Gasteiger partial charge on any atom is 0.114 e. The fourth-order valence-electron chi connectivity index (χ4n) is 1.74. The van der Waals surface area contributed by atoms with Crippen molar-refractivity contribution < 1.29 is 30.3 Å². The van der Waals surface area contributed by atoms with Crippen molar-refractivity contribution in [2.24, 2.45) is 5.92 Å². The SMILES string of the molecule is CC(C)CCCCO[C@H]([C@@H](O)[C@@H](O)CO)[C@@H](O)CO. The molecule has 0 amide bonds. The third-order valence-electron chi connectivity index (χ3n) is 2.97. The van der Waals surface area contributed by atoms with Crippen LogP contribution < -0.4 is 0 Å². The molecule has 0 bridgehead atoms. The lowest BCUT2D eigenvalue weighted by Gasteiger charge is -2.29. The summed E-state index contributed by atoms with van der Waals surface area (Å²) >= 11 is 0. The van der Waals surface area contributed by atoms with Gasteiger partial charge in [0.2, 0.25) is 0 Å². The molecule has 0 spiro atoms. The lowest BCUT2D eigenvalue weighted by atomic mass is 10.0. The van der Waals surface area contributed by atoms with E-state index in [1.807, 2.05) is 0 Å². The van der Waals surface area contributed by atoms with Gasteiger partial charge in [-0.3, -0.25) is 0 Å². The molecule has 0 aliphatic heterocycles. The number of hydrogen-bond acceptors (Lipinski definition) is 6. The summed E-state index contributed by atoms with van der Waals surface area (Å²) in [6, 6.07) is 0. The van der Waals surface area contributed by atoms with Gasteiger partial charge in [0.1, 0.15) is 24.4 Å². The summed E-state index contributed by atoms with van der Waals surface area (Å²) in [5, 5.41) is 46.3. The number of aliphatic hydroxyl groups excluding tert-OH is 5. The van der Waals surface area contributed by atoms with E-state index in [1.165, 1.54) is 0 Å². The zero-order valence-electron chi connectivity index (χ0n) is 11.8. The van der Waals surface area contributed by atoms with Gasteiger partial charge >= 0.3 is 0 Å². The third-order valence-corrected chi connectivity index (χ3v) is 2.97. The molecule has 6 nitrogen and oxygen atoms in total. The molecule has 4 atom stereocenters. The lowest BCUT2D eigenvalue weighted by Crippen LogP contribution is -2.48. The van der Waals surface area contributed by atoms with Crippen LogP contribution in [0.25, 0.3) is 0 Å². The summed E-state index contributed by atoms with van der Waals surface area (Å²) in [4.78, 5) is 0. The van der Waals surface area contributed by atoms with Crippen molar-refractivity contribution in [2.75, 3.05) is 19.8 Å². The van der Waals surface area contributed by atoms with Crippen LogP contribution in [0.15, 0.2) is 0 Å². The average Bonchev–Trinajstić information content (AvgIpc) is 2.40. The van der Waals surface area contributed by atoms with Gasteiger partial charge in [0.05, 0.1) is 13.2 Å². The highest BCUT2D eigenvalue weighted by atomic mass is 16.5. The van der Waals surface area contributed by atoms with Crippen molar-refractivity contribution in [3.8, 4) is 0 Å². The molecule has 19 heavy (non-hydrogen) atoms. The Kier molecular flexibility index (Phi) is 10.4.